The predicted octanol–water partition coefficient (Wildman–Crippen LogP) is 3.84. The zero-order valence-corrected chi connectivity index (χ0v) is 14.9. The van der Waals surface area contributed by atoms with Crippen molar-refractivity contribution < 1.29 is 14.0 Å². The average Bonchev–Trinajstić information content (AvgIpc) is 3.22. The Balaban J connectivity index is 1.57. The molecule has 26 heavy (non-hydrogen) atoms. The monoisotopic (exact) mass is 354 g/mol. The first-order valence-electron chi connectivity index (χ1n) is 9.37. The fraction of sp³-hybridized carbons (Fsp3) is 0.429. The van der Waals surface area contributed by atoms with Gasteiger partial charge in [0.15, 0.2) is 0 Å². The molecule has 1 aromatic heterocycles. The van der Waals surface area contributed by atoms with Crippen molar-refractivity contribution in [2.45, 2.75) is 44.6 Å². The van der Waals surface area contributed by atoms with Crippen LogP contribution in [0.1, 0.15) is 60.5 Å². The number of hydrogen-bond acceptors (Lipinski definition) is 3. The van der Waals surface area contributed by atoms with Crippen LogP contribution in [0.3, 0.4) is 0 Å². The van der Waals surface area contributed by atoms with Crippen LogP contribution in [-0.2, 0) is 4.79 Å². The normalized spacial score (nSPS) is 16.0. The van der Waals surface area contributed by atoms with Gasteiger partial charge in [0.1, 0.15) is 6.26 Å². The van der Waals surface area contributed by atoms with Crippen LogP contribution in [0, 0.1) is 5.92 Å². The van der Waals surface area contributed by atoms with Crippen LogP contribution in [0.4, 0.5) is 0 Å². The lowest BCUT2D eigenvalue weighted by Gasteiger charge is -2.27. The van der Waals surface area contributed by atoms with Crippen LogP contribution in [0.25, 0.3) is 0 Å². The summed E-state index contributed by atoms with van der Waals surface area (Å²) in [6.45, 7) is -0.0436. The maximum absolute atomic E-state index is 12.4. The molecule has 1 saturated carbocycles. The third-order valence-corrected chi connectivity index (χ3v) is 5.02. The van der Waals surface area contributed by atoms with E-state index in [1.54, 1.807) is 6.07 Å². The van der Waals surface area contributed by atoms with E-state index in [0.29, 0.717) is 11.5 Å². The van der Waals surface area contributed by atoms with Crippen molar-refractivity contribution in [3.05, 3.63) is 60.1 Å². The average molecular weight is 354 g/mol. The number of carbonyl (C=O) groups excluding carboxylic acids is 2. The van der Waals surface area contributed by atoms with E-state index in [2.05, 4.69) is 22.8 Å². The minimum absolute atomic E-state index is 0.0161. The second-order valence-corrected chi connectivity index (χ2v) is 6.97. The largest absolute Gasteiger partial charge is 0.472 e. The maximum Gasteiger partial charge on any atom is 0.254 e. The third kappa shape index (κ3) is 5.22. The molecule has 138 valence electrons. The van der Waals surface area contributed by atoms with Gasteiger partial charge in [0.25, 0.3) is 5.91 Å². The zero-order valence-electron chi connectivity index (χ0n) is 14.9. The maximum atomic E-state index is 12.4. The number of benzene rings is 1. The van der Waals surface area contributed by atoms with Crippen LogP contribution in [0.15, 0.2) is 53.3 Å². The number of rotatable bonds is 7. The molecule has 0 saturated heterocycles. The van der Waals surface area contributed by atoms with E-state index in [-0.39, 0.29) is 24.4 Å². The minimum atomic E-state index is -0.308. The van der Waals surface area contributed by atoms with Crippen LogP contribution in [0.5, 0.6) is 0 Å². The van der Waals surface area contributed by atoms with Crippen LogP contribution < -0.4 is 10.6 Å². The van der Waals surface area contributed by atoms with Crippen molar-refractivity contribution in [1.29, 1.82) is 0 Å². The Morgan fingerprint density at radius 2 is 1.85 bits per heavy atom. The van der Waals surface area contributed by atoms with E-state index in [9.17, 15) is 9.59 Å². The van der Waals surface area contributed by atoms with E-state index in [1.165, 1.54) is 44.6 Å². The highest BCUT2D eigenvalue weighted by Crippen LogP contribution is 2.31. The molecule has 0 aliphatic heterocycles. The van der Waals surface area contributed by atoms with E-state index >= 15 is 0 Å². The van der Waals surface area contributed by atoms with Gasteiger partial charge in [-0.1, -0.05) is 62.4 Å². The smallest absolute Gasteiger partial charge is 0.254 e. The number of amides is 2. The Morgan fingerprint density at radius 1 is 1.08 bits per heavy atom. The molecule has 1 fully saturated rings. The fourth-order valence-corrected chi connectivity index (χ4v) is 3.62. The minimum Gasteiger partial charge on any atom is -0.472 e. The zero-order chi connectivity index (χ0) is 18.2. The Morgan fingerprint density at radius 3 is 2.54 bits per heavy atom. The van der Waals surface area contributed by atoms with Gasteiger partial charge in [-0.25, -0.2) is 0 Å². The van der Waals surface area contributed by atoms with Gasteiger partial charge >= 0.3 is 0 Å². The summed E-state index contributed by atoms with van der Waals surface area (Å²) >= 11 is 0. The Bertz CT molecular complexity index is 691. The van der Waals surface area contributed by atoms with E-state index < -0.39 is 0 Å². The van der Waals surface area contributed by atoms with Gasteiger partial charge in [-0.2, -0.15) is 0 Å². The number of nitrogens with one attached hydrogen (secondary N) is 2. The number of furan rings is 1. The molecular formula is C21H26N2O3. The standard InChI is InChI=1S/C21H26N2O3/c24-20(14-22-21(25)18-11-12-26-15-18)23-19(17-9-5-2-6-10-17)13-16-7-3-1-4-8-16/h2,5-6,9-12,15-16,19H,1,3-4,7-8,13-14H2,(H,22,25)(H,23,24). The van der Waals surface area contributed by atoms with Gasteiger partial charge in [-0.3, -0.25) is 9.59 Å². The van der Waals surface area contributed by atoms with Crippen molar-refractivity contribution >= 4 is 11.8 Å². The summed E-state index contributed by atoms with van der Waals surface area (Å²) in [5.74, 6) is 0.165. The summed E-state index contributed by atoms with van der Waals surface area (Å²) in [7, 11) is 0. The Hall–Kier alpha value is -2.56. The second kappa shape index (κ2) is 9.22. The summed E-state index contributed by atoms with van der Waals surface area (Å²) < 4.78 is 4.89. The van der Waals surface area contributed by atoms with Crippen LogP contribution in [-0.4, -0.2) is 18.4 Å². The van der Waals surface area contributed by atoms with Gasteiger partial charge in [0, 0.05) is 0 Å². The van der Waals surface area contributed by atoms with Crippen molar-refractivity contribution in [2.75, 3.05) is 6.54 Å². The van der Waals surface area contributed by atoms with E-state index in [4.69, 9.17) is 4.42 Å². The Labute approximate surface area is 154 Å². The first-order chi connectivity index (χ1) is 12.7. The van der Waals surface area contributed by atoms with Crippen molar-refractivity contribution in [1.82, 2.24) is 10.6 Å². The molecule has 1 aliphatic carbocycles. The van der Waals surface area contributed by atoms with Crippen molar-refractivity contribution in [3.63, 3.8) is 0 Å². The van der Waals surface area contributed by atoms with Crippen molar-refractivity contribution in [2.24, 2.45) is 5.92 Å². The molecule has 1 aliphatic rings. The highest BCUT2D eigenvalue weighted by Gasteiger charge is 2.22. The van der Waals surface area contributed by atoms with Gasteiger partial charge in [-0.05, 0) is 24.0 Å². The lowest BCUT2D eigenvalue weighted by Crippen LogP contribution is -2.39. The molecule has 2 amide bonds. The summed E-state index contributed by atoms with van der Waals surface area (Å²) in [6.07, 6.45) is 10.1. The summed E-state index contributed by atoms with van der Waals surface area (Å²) in [4.78, 5) is 24.3. The topological polar surface area (TPSA) is 71.3 Å². The summed E-state index contributed by atoms with van der Waals surface area (Å²) in [6, 6.07) is 11.6. The molecule has 1 atom stereocenters. The molecule has 2 aromatic rings. The molecule has 2 N–H and O–H groups in total. The second-order valence-electron chi connectivity index (χ2n) is 6.97. The quantitative estimate of drug-likeness (QED) is 0.794. The first-order valence-corrected chi connectivity index (χ1v) is 9.37. The van der Waals surface area contributed by atoms with Gasteiger partial charge in [-0.15, -0.1) is 0 Å². The molecule has 0 spiro atoms. The van der Waals surface area contributed by atoms with Crippen LogP contribution >= 0.6 is 0 Å². The molecule has 1 aromatic carbocycles. The van der Waals surface area contributed by atoms with Crippen LogP contribution in [0.2, 0.25) is 0 Å². The van der Waals surface area contributed by atoms with Gasteiger partial charge < -0.3 is 15.1 Å². The van der Waals surface area contributed by atoms with Gasteiger partial charge in [0.05, 0.1) is 24.4 Å². The Kier molecular flexibility index (Phi) is 6.47. The first kappa shape index (κ1) is 18.2. The molecule has 1 heterocycles. The van der Waals surface area contributed by atoms with Crippen molar-refractivity contribution in [3.8, 4) is 0 Å². The molecule has 5 nitrogen and oxygen atoms in total. The SMILES string of the molecule is O=C(CNC(=O)c1ccoc1)NC(CC1CCCCC1)c1ccccc1. The lowest BCUT2D eigenvalue weighted by molar-refractivity contribution is -0.121. The fourth-order valence-electron chi connectivity index (χ4n) is 3.62. The van der Waals surface area contributed by atoms with Gasteiger partial charge in [0.2, 0.25) is 5.91 Å². The molecule has 5 heteroatoms. The molecule has 0 bridgehead atoms. The molecule has 3 rings (SSSR count). The molecule has 0 radical (unpaired) electrons. The number of hydrogen-bond donors (Lipinski definition) is 2. The van der Waals surface area contributed by atoms with E-state index in [0.717, 1.165) is 12.0 Å². The lowest BCUT2D eigenvalue weighted by atomic mass is 9.83. The third-order valence-electron chi connectivity index (χ3n) is 5.02. The summed E-state index contributed by atoms with van der Waals surface area (Å²) in [5.41, 5.74) is 1.53. The summed E-state index contributed by atoms with van der Waals surface area (Å²) in [5, 5.41) is 5.74. The molecular weight excluding hydrogens is 328 g/mol. The van der Waals surface area contributed by atoms with E-state index in [1.807, 2.05) is 18.2 Å². The molecule has 1 unspecified atom stereocenters. The highest BCUT2D eigenvalue weighted by molar-refractivity contribution is 5.96. The predicted molar refractivity (Wildman–Crippen MR) is 99.6 cm³/mol. The number of carbonyl (C=O) groups is 2. The highest BCUT2D eigenvalue weighted by atomic mass is 16.3.